The second kappa shape index (κ2) is 5.30. The number of hydrogen-bond acceptors (Lipinski definition) is 3. The van der Waals surface area contributed by atoms with Crippen LogP contribution in [0.25, 0.3) is 0 Å². The molecule has 6 heteroatoms. The van der Waals surface area contributed by atoms with Crippen molar-refractivity contribution in [2.75, 3.05) is 12.3 Å². The van der Waals surface area contributed by atoms with Crippen LogP contribution in [0.15, 0.2) is 12.1 Å². The average Bonchev–Trinajstić information content (AvgIpc) is 2.31. The van der Waals surface area contributed by atoms with Gasteiger partial charge in [0.25, 0.3) is 0 Å². The fraction of sp³-hybridized carbons (Fsp3) is 0.417. The zero-order chi connectivity index (χ0) is 13.9. The number of carboxylic acids is 1. The van der Waals surface area contributed by atoms with Crippen LogP contribution in [0.2, 0.25) is 0 Å². The number of anilines is 1. The third-order valence-electron chi connectivity index (χ3n) is 3.03. The molecule has 1 atom stereocenters. The maximum Gasteiger partial charge on any atom is 0.314 e. The van der Waals surface area contributed by atoms with Gasteiger partial charge in [-0.25, -0.2) is 8.78 Å². The Kier molecular flexibility index (Phi) is 4.24. The van der Waals surface area contributed by atoms with Gasteiger partial charge in [-0.15, -0.1) is 0 Å². The van der Waals surface area contributed by atoms with Gasteiger partial charge in [0.15, 0.2) is 11.6 Å². The molecule has 100 valence electrons. The van der Waals surface area contributed by atoms with Crippen molar-refractivity contribution in [3.8, 4) is 0 Å². The molecular formula is C12H16F2N2O2. The molecule has 4 nitrogen and oxygen atoms in total. The van der Waals surface area contributed by atoms with Gasteiger partial charge in [0.2, 0.25) is 0 Å². The van der Waals surface area contributed by atoms with Crippen LogP contribution in [0.3, 0.4) is 0 Å². The molecular weight excluding hydrogens is 242 g/mol. The maximum atomic E-state index is 13.8. The Bertz CT molecular complexity index is 466. The first kappa shape index (κ1) is 14.4. The zero-order valence-electron chi connectivity index (χ0n) is 10.0. The summed E-state index contributed by atoms with van der Waals surface area (Å²) in [5.41, 5.74) is 8.94. The first-order chi connectivity index (χ1) is 8.34. The van der Waals surface area contributed by atoms with E-state index in [0.29, 0.717) is 6.42 Å². The number of rotatable bonds is 5. The summed E-state index contributed by atoms with van der Waals surface area (Å²) in [6, 6.07) is 2.04. The Balaban J connectivity index is 3.38. The van der Waals surface area contributed by atoms with E-state index in [9.17, 15) is 18.7 Å². The van der Waals surface area contributed by atoms with Crippen LogP contribution in [-0.2, 0) is 10.2 Å². The SMILES string of the molecule is CC(CCCN)(C(=O)O)c1c(N)ccc(F)c1F. The molecule has 1 unspecified atom stereocenters. The van der Waals surface area contributed by atoms with E-state index in [1.807, 2.05) is 0 Å². The third kappa shape index (κ3) is 2.43. The van der Waals surface area contributed by atoms with Gasteiger partial charge in [0.05, 0.1) is 5.41 Å². The van der Waals surface area contributed by atoms with Crippen LogP contribution in [0.4, 0.5) is 14.5 Å². The maximum absolute atomic E-state index is 13.8. The Hall–Kier alpha value is -1.69. The summed E-state index contributed by atoms with van der Waals surface area (Å²) in [6.45, 7) is 1.58. The average molecular weight is 258 g/mol. The predicted octanol–water partition coefficient (Wildman–Crippen LogP) is 1.63. The van der Waals surface area contributed by atoms with E-state index < -0.39 is 23.0 Å². The second-order valence-corrected chi connectivity index (χ2v) is 4.36. The highest BCUT2D eigenvalue weighted by Gasteiger charge is 2.39. The predicted molar refractivity (Wildman–Crippen MR) is 64.0 cm³/mol. The highest BCUT2D eigenvalue weighted by molar-refractivity contribution is 5.83. The monoisotopic (exact) mass is 258 g/mol. The molecule has 0 bridgehead atoms. The highest BCUT2D eigenvalue weighted by Crippen LogP contribution is 2.36. The van der Waals surface area contributed by atoms with E-state index in [4.69, 9.17) is 11.5 Å². The van der Waals surface area contributed by atoms with Crippen LogP contribution >= 0.6 is 0 Å². The summed E-state index contributed by atoms with van der Waals surface area (Å²) >= 11 is 0. The molecule has 0 aliphatic rings. The molecule has 0 aromatic heterocycles. The lowest BCUT2D eigenvalue weighted by Gasteiger charge is -2.27. The van der Waals surface area contributed by atoms with Gasteiger partial charge < -0.3 is 16.6 Å². The number of nitrogens with two attached hydrogens (primary N) is 2. The smallest absolute Gasteiger partial charge is 0.314 e. The van der Waals surface area contributed by atoms with Gasteiger partial charge in [-0.2, -0.15) is 0 Å². The van der Waals surface area contributed by atoms with Crippen LogP contribution in [0.1, 0.15) is 25.3 Å². The topological polar surface area (TPSA) is 89.3 Å². The molecule has 18 heavy (non-hydrogen) atoms. The van der Waals surface area contributed by atoms with Crippen molar-refractivity contribution < 1.29 is 18.7 Å². The molecule has 0 aliphatic carbocycles. The lowest BCUT2D eigenvalue weighted by Crippen LogP contribution is -2.35. The first-order valence-corrected chi connectivity index (χ1v) is 5.52. The largest absolute Gasteiger partial charge is 0.481 e. The van der Waals surface area contributed by atoms with Gasteiger partial charge in [-0.3, -0.25) is 4.79 Å². The Morgan fingerprint density at radius 2 is 2.06 bits per heavy atom. The molecule has 0 saturated heterocycles. The molecule has 0 saturated carbocycles. The van der Waals surface area contributed by atoms with Gasteiger partial charge >= 0.3 is 5.97 Å². The molecule has 1 aromatic rings. The number of nitrogen functional groups attached to an aromatic ring is 1. The van der Waals surface area contributed by atoms with E-state index >= 15 is 0 Å². The van der Waals surface area contributed by atoms with Gasteiger partial charge in [0, 0.05) is 11.3 Å². The lowest BCUT2D eigenvalue weighted by atomic mass is 9.77. The van der Waals surface area contributed by atoms with Gasteiger partial charge in [-0.05, 0) is 38.4 Å². The number of hydrogen-bond donors (Lipinski definition) is 3. The quantitative estimate of drug-likeness (QED) is 0.700. The van der Waals surface area contributed by atoms with E-state index in [1.165, 1.54) is 6.92 Å². The van der Waals surface area contributed by atoms with E-state index in [-0.39, 0.29) is 24.2 Å². The molecule has 0 spiro atoms. The van der Waals surface area contributed by atoms with Crippen molar-refractivity contribution in [1.82, 2.24) is 0 Å². The Labute approximate surface area is 104 Å². The van der Waals surface area contributed by atoms with E-state index in [1.54, 1.807) is 0 Å². The summed E-state index contributed by atoms with van der Waals surface area (Å²) in [5.74, 6) is -3.58. The van der Waals surface area contributed by atoms with E-state index in [2.05, 4.69) is 0 Å². The summed E-state index contributed by atoms with van der Waals surface area (Å²) in [4.78, 5) is 11.4. The van der Waals surface area contributed by atoms with Gasteiger partial charge in [-0.1, -0.05) is 0 Å². The number of carboxylic acid groups (broad SMARTS) is 1. The summed E-state index contributed by atoms with van der Waals surface area (Å²) < 4.78 is 27.0. The van der Waals surface area contributed by atoms with Crippen molar-refractivity contribution in [1.29, 1.82) is 0 Å². The minimum atomic E-state index is -1.59. The lowest BCUT2D eigenvalue weighted by molar-refractivity contribution is -0.143. The number of carbonyl (C=O) groups is 1. The first-order valence-electron chi connectivity index (χ1n) is 5.52. The standard InChI is InChI=1S/C12H16F2N2O2/c1-12(11(17)18,5-2-6-15)9-8(16)4-3-7(13)10(9)14/h3-4H,2,5-6,15-16H2,1H3,(H,17,18). The van der Waals surface area contributed by atoms with Crippen LogP contribution in [0.5, 0.6) is 0 Å². The molecule has 0 aliphatic heterocycles. The second-order valence-electron chi connectivity index (χ2n) is 4.36. The number of benzene rings is 1. The molecule has 0 amide bonds. The van der Waals surface area contributed by atoms with Crippen LogP contribution in [-0.4, -0.2) is 17.6 Å². The fourth-order valence-corrected chi connectivity index (χ4v) is 1.92. The van der Waals surface area contributed by atoms with Crippen molar-refractivity contribution in [2.24, 2.45) is 5.73 Å². The number of aliphatic carboxylic acids is 1. The van der Waals surface area contributed by atoms with Crippen molar-refractivity contribution >= 4 is 11.7 Å². The molecule has 0 fully saturated rings. The Morgan fingerprint density at radius 1 is 1.44 bits per heavy atom. The molecule has 0 radical (unpaired) electrons. The summed E-state index contributed by atoms with van der Waals surface area (Å²) in [5, 5.41) is 9.27. The summed E-state index contributed by atoms with van der Waals surface area (Å²) in [6.07, 6.45) is 0.460. The fourth-order valence-electron chi connectivity index (χ4n) is 1.92. The van der Waals surface area contributed by atoms with E-state index in [0.717, 1.165) is 12.1 Å². The summed E-state index contributed by atoms with van der Waals surface area (Å²) in [7, 11) is 0. The minimum Gasteiger partial charge on any atom is -0.481 e. The highest BCUT2D eigenvalue weighted by atomic mass is 19.2. The van der Waals surface area contributed by atoms with Crippen molar-refractivity contribution in [3.63, 3.8) is 0 Å². The zero-order valence-corrected chi connectivity index (χ0v) is 10.0. The van der Waals surface area contributed by atoms with Gasteiger partial charge in [0.1, 0.15) is 0 Å². The van der Waals surface area contributed by atoms with Crippen LogP contribution in [0, 0.1) is 11.6 Å². The minimum absolute atomic E-state index is 0.0733. The number of halogens is 2. The van der Waals surface area contributed by atoms with Crippen molar-refractivity contribution in [2.45, 2.75) is 25.2 Å². The third-order valence-corrected chi connectivity index (χ3v) is 3.03. The molecule has 1 rings (SSSR count). The molecule has 0 heterocycles. The molecule has 5 N–H and O–H groups in total. The Morgan fingerprint density at radius 3 is 2.56 bits per heavy atom. The normalized spacial score (nSPS) is 14.2. The van der Waals surface area contributed by atoms with Crippen molar-refractivity contribution in [3.05, 3.63) is 29.3 Å². The molecule has 1 aromatic carbocycles. The van der Waals surface area contributed by atoms with Crippen LogP contribution < -0.4 is 11.5 Å².